The van der Waals surface area contributed by atoms with Crippen LogP contribution in [-0.2, 0) is 14.2 Å². The summed E-state index contributed by atoms with van der Waals surface area (Å²) in [5, 5.41) is 21.2. The molecule has 3 aliphatic rings. The Morgan fingerprint density at radius 3 is 2.92 bits per heavy atom. The molecule has 2 N–H and O–H groups in total. The molecule has 26 heavy (non-hydrogen) atoms. The van der Waals surface area contributed by atoms with Crippen molar-refractivity contribution in [3.05, 3.63) is 16.1 Å². The number of hydrogen-bond donors (Lipinski definition) is 2. The third-order valence-electron chi connectivity index (χ3n) is 5.76. The fraction of sp³-hybridized carbons (Fsp3) is 0.778. The third kappa shape index (κ3) is 3.66. The Balaban J connectivity index is 1.41. The van der Waals surface area contributed by atoms with Crippen LogP contribution in [0.25, 0.3) is 0 Å². The van der Waals surface area contributed by atoms with Crippen LogP contribution in [0.4, 0.5) is 0 Å². The number of fused-ring (bicyclic) bond motifs is 1. The molecule has 144 valence electrons. The van der Waals surface area contributed by atoms with Crippen molar-refractivity contribution in [2.45, 2.75) is 63.1 Å². The van der Waals surface area contributed by atoms with Gasteiger partial charge in [0.25, 0.3) is 0 Å². The van der Waals surface area contributed by atoms with Crippen LogP contribution in [0.2, 0.25) is 0 Å². The van der Waals surface area contributed by atoms with E-state index < -0.39 is 5.97 Å². The lowest BCUT2D eigenvalue weighted by Gasteiger charge is -2.33. The van der Waals surface area contributed by atoms with Gasteiger partial charge in [0.15, 0.2) is 12.0 Å². The van der Waals surface area contributed by atoms with E-state index in [0.717, 1.165) is 50.1 Å². The standard InChI is InChI=1S/C18H25NO6S/c20-8-11-10-4-5-13(17-19-12(9-26-17)18(21)22)24-14(10)7-15(11)25-16-3-1-2-6-23-16/h9-11,13-16,20H,1-8H2,(H,21,22)/t10-,11-,13-,14+,15-,16?/m1/s1. The van der Waals surface area contributed by atoms with Crippen molar-refractivity contribution in [1.82, 2.24) is 4.98 Å². The van der Waals surface area contributed by atoms with Crippen LogP contribution in [-0.4, -0.2) is 52.9 Å². The molecular weight excluding hydrogens is 358 g/mol. The zero-order valence-electron chi connectivity index (χ0n) is 14.6. The maximum atomic E-state index is 11.0. The van der Waals surface area contributed by atoms with Gasteiger partial charge in [0.1, 0.15) is 11.1 Å². The van der Waals surface area contributed by atoms with Crippen LogP contribution < -0.4 is 0 Å². The average Bonchev–Trinajstić information content (AvgIpc) is 3.26. The molecule has 4 rings (SSSR count). The second kappa shape index (κ2) is 7.90. The molecule has 1 unspecified atom stereocenters. The molecule has 8 heteroatoms. The van der Waals surface area contributed by atoms with Crippen molar-refractivity contribution < 1.29 is 29.2 Å². The summed E-state index contributed by atoms with van der Waals surface area (Å²) in [6.45, 7) is 0.829. The Morgan fingerprint density at radius 1 is 1.35 bits per heavy atom. The first-order valence-corrected chi connectivity index (χ1v) is 10.3. The van der Waals surface area contributed by atoms with Gasteiger partial charge in [0.05, 0.1) is 12.2 Å². The quantitative estimate of drug-likeness (QED) is 0.806. The van der Waals surface area contributed by atoms with E-state index >= 15 is 0 Å². The predicted molar refractivity (Wildman–Crippen MR) is 93.1 cm³/mol. The Hall–Kier alpha value is -1.06. The van der Waals surface area contributed by atoms with E-state index in [4.69, 9.17) is 19.3 Å². The number of hydrogen-bond acceptors (Lipinski definition) is 7. The first-order chi connectivity index (χ1) is 12.7. The number of nitrogens with zero attached hydrogens (tertiary/aromatic N) is 1. The van der Waals surface area contributed by atoms with Crippen molar-refractivity contribution in [2.24, 2.45) is 11.8 Å². The van der Waals surface area contributed by atoms with Gasteiger partial charge in [0, 0.05) is 30.9 Å². The molecule has 1 saturated carbocycles. The summed E-state index contributed by atoms with van der Waals surface area (Å²) in [4.78, 5) is 15.2. The molecule has 1 aromatic heterocycles. The number of rotatable bonds is 5. The highest BCUT2D eigenvalue weighted by Gasteiger charge is 2.48. The summed E-state index contributed by atoms with van der Waals surface area (Å²) < 4.78 is 18.1. The molecule has 0 bridgehead atoms. The lowest BCUT2D eigenvalue weighted by molar-refractivity contribution is -0.198. The normalized spacial score (nSPS) is 37.4. The largest absolute Gasteiger partial charge is 0.476 e. The van der Waals surface area contributed by atoms with Crippen molar-refractivity contribution in [2.75, 3.05) is 13.2 Å². The summed E-state index contributed by atoms with van der Waals surface area (Å²) in [6, 6.07) is 0. The fourth-order valence-corrected chi connectivity index (χ4v) is 5.31. The van der Waals surface area contributed by atoms with Crippen LogP contribution in [0.1, 0.15) is 60.1 Å². The van der Waals surface area contributed by atoms with Crippen LogP contribution in [0.15, 0.2) is 5.38 Å². The van der Waals surface area contributed by atoms with Crippen molar-refractivity contribution in [3.63, 3.8) is 0 Å². The molecule has 3 fully saturated rings. The molecule has 2 aliphatic heterocycles. The summed E-state index contributed by atoms with van der Waals surface area (Å²) >= 11 is 1.34. The summed E-state index contributed by atoms with van der Waals surface area (Å²) in [7, 11) is 0. The highest BCUT2D eigenvalue weighted by Crippen LogP contribution is 2.47. The Bertz CT molecular complexity index is 631. The third-order valence-corrected chi connectivity index (χ3v) is 6.70. The van der Waals surface area contributed by atoms with E-state index in [1.165, 1.54) is 11.3 Å². The number of ether oxygens (including phenoxy) is 3. The van der Waals surface area contributed by atoms with Crippen LogP contribution in [0.3, 0.4) is 0 Å². The van der Waals surface area contributed by atoms with Gasteiger partial charge >= 0.3 is 5.97 Å². The van der Waals surface area contributed by atoms with Gasteiger partial charge in [-0.05, 0) is 38.0 Å². The van der Waals surface area contributed by atoms with Gasteiger partial charge < -0.3 is 24.4 Å². The first-order valence-electron chi connectivity index (χ1n) is 9.38. The highest BCUT2D eigenvalue weighted by atomic mass is 32.1. The molecule has 0 radical (unpaired) electrons. The summed E-state index contributed by atoms with van der Waals surface area (Å²) in [5.41, 5.74) is 0.0750. The van der Waals surface area contributed by atoms with E-state index in [2.05, 4.69) is 4.98 Å². The molecule has 6 atom stereocenters. The van der Waals surface area contributed by atoms with Crippen molar-refractivity contribution in [3.8, 4) is 0 Å². The van der Waals surface area contributed by atoms with Gasteiger partial charge in [0.2, 0.25) is 0 Å². The number of aromatic carboxylic acids is 1. The minimum Gasteiger partial charge on any atom is -0.476 e. The van der Waals surface area contributed by atoms with Crippen molar-refractivity contribution in [1.29, 1.82) is 0 Å². The average molecular weight is 383 g/mol. The van der Waals surface area contributed by atoms with Gasteiger partial charge in [-0.25, -0.2) is 9.78 Å². The Kier molecular flexibility index (Phi) is 5.56. The summed E-state index contributed by atoms with van der Waals surface area (Å²) in [5.74, 6) is -0.676. The van der Waals surface area contributed by atoms with E-state index in [-0.39, 0.29) is 48.7 Å². The monoisotopic (exact) mass is 383 g/mol. The molecular formula is C18H25NO6S. The molecule has 3 heterocycles. The Morgan fingerprint density at radius 2 is 2.23 bits per heavy atom. The fourth-order valence-electron chi connectivity index (χ4n) is 4.45. The number of carboxylic acid groups (broad SMARTS) is 1. The molecule has 1 aliphatic carbocycles. The lowest BCUT2D eigenvalue weighted by atomic mass is 9.87. The number of thiazole rings is 1. The van der Waals surface area contributed by atoms with Crippen LogP contribution >= 0.6 is 11.3 Å². The summed E-state index contributed by atoms with van der Waals surface area (Å²) in [6.07, 6.45) is 5.17. The van der Waals surface area contributed by atoms with E-state index in [9.17, 15) is 9.90 Å². The SMILES string of the molecule is O=C(O)c1csc([C@H]2CC[C@@H]3[C@@H](CO)[C@H](OC4CCCCO4)C[C@@H]3O2)n1. The molecule has 0 amide bonds. The van der Waals surface area contributed by atoms with Gasteiger partial charge in [-0.15, -0.1) is 11.3 Å². The van der Waals surface area contributed by atoms with E-state index in [1.807, 2.05) is 0 Å². The number of carboxylic acids is 1. The van der Waals surface area contributed by atoms with Gasteiger partial charge in [-0.3, -0.25) is 0 Å². The van der Waals surface area contributed by atoms with Gasteiger partial charge in [-0.2, -0.15) is 0 Å². The second-order valence-electron chi connectivity index (χ2n) is 7.33. The minimum atomic E-state index is -1.01. The van der Waals surface area contributed by atoms with E-state index in [1.54, 1.807) is 5.38 Å². The Labute approximate surface area is 156 Å². The first kappa shape index (κ1) is 18.3. The number of carbonyl (C=O) groups is 1. The maximum absolute atomic E-state index is 11.0. The van der Waals surface area contributed by atoms with Crippen molar-refractivity contribution >= 4 is 17.3 Å². The molecule has 0 spiro atoms. The second-order valence-corrected chi connectivity index (χ2v) is 8.22. The molecule has 1 aromatic rings. The topological polar surface area (TPSA) is 98.1 Å². The smallest absolute Gasteiger partial charge is 0.355 e. The molecule has 2 saturated heterocycles. The van der Waals surface area contributed by atoms with Crippen LogP contribution in [0, 0.1) is 11.8 Å². The van der Waals surface area contributed by atoms with E-state index in [0.29, 0.717) is 0 Å². The lowest BCUT2D eigenvalue weighted by Crippen LogP contribution is -2.34. The zero-order chi connectivity index (χ0) is 18.1. The number of aromatic nitrogens is 1. The van der Waals surface area contributed by atoms with Crippen LogP contribution in [0.5, 0.6) is 0 Å². The van der Waals surface area contributed by atoms with Gasteiger partial charge in [-0.1, -0.05) is 0 Å². The highest BCUT2D eigenvalue weighted by molar-refractivity contribution is 7.09. The zero-order valence-corrected chi connectivity index (χ0v) is 15.4. The molecule has 0 aromatic carbocycles. The minimum absolute atomic E-state index is 0.0108. The maximum Gasteiger partial charge on any atom is 0.355 e. The number of aliphatic hydroxyl groups excluding tert-OH is 1. The number of aliphatic hydroxyl groups is 1. The predicted octanol–water partition coefficient (Wildman–Crippen LogP) is 2.60. The molecule has 7 nitrogen and oxygen atoms in total.